The zero-order valence-electron chi connectivity index (χ0n) is 23.5. The van der Waals surface area contributed by atoms with Crippen LogP contribution in [0.15, 0.2) is 36.5 Å². The average molecular weight is 604 g/mol. The third-order valence-electron chi connectivity index (χ3n) is 8.59. The summed E-state index contributed by atoms with van der Waals surface area (Å²) in [6, 6.07) is 8.77. The summed E-state index contributed by atoms with van der Waals surface area (Å²) in [4.78, 5) is 8.79. The van der Waals surface area contributed by atoms with Crippen molar-refractivity contribution in [1.82, 2.24) is 20.0 Å². The van der Waals surface area contributed by atoms with Gasteiger partial charge in [-0.2, -0.15) is 0 Å². The van der Waals surface area contributed by atoms with Gasteiger partial charge < -0.3 is 19.6 Å². The van der Waals surface area contributed by atoms with Crippen LogP contribution in [-0.2, 0) is 10.0 Å². The molecule has 0 bridgehead atoms. The van der Waals surface area contributed by atoms with E-state index < -0.39 is 22.6 Å². The maximum Gasteiger partial charge on any atom is 0.251 e. The van der Waals surface area contributed by atoms with Gasteiger partial charge in [0.1, 0.15) is 5.69 Å². The number of rotatable bonds is 9. The number of benzene rings is 1. The minimum atomic E-state index is -3.69. The number of hydrogen-bond donors (Lipinski definition) is 2. The molecule has 42 heavy (non-hydrogen) atoms. The largest absolute Gasteiger partial charge is 0.493 e. The van der Waals surface area contributed by atoms with Gasteiger partial charge in [0.2, 0.25) is 10.0 Å². The Balaban J connectivity index is 1.31. The number of sulfonamides is 1. The Labute approximate surface area is 243 Å². The summed E-state index contributed by atoms with van der Waals surface area (Å²) in [5.74, 6) is -2.08. The Morgan fingerprint density at radius 3 is 2.33 bits per heavy atom. The molecule has 3 aromatic rings. The number of pyridine rings is 1. The summed E-state index contributed by atoms with van der Waals surface area (Å²) in [7, 11) is -2.17. The molecule has 2 aliphatic heterocycles. The zero-order chi connectivity index (χ0) is 29.5. The van der Waals surface area contributed by atoms with E-state index in [0.29, 0.717) is 34.1 Å². The average Bonchev–Trinajstić information content (AvgIpc) is 3.53. The quantitative estimate of drug-likeness (QED) is 0.377. The van der Waals surface area contributed by atoms with E-state index in [2.05, 4.69) is 19.9 Å². The molecule has 226 valence electrons. The number of halogens is 2. The lowest BCUT2D eigenvalue weighted by Crippen LogP contribution is -2.40. The number of anilines is 3. The van der Waals surface area contributed by atoms with Crippen molar-refractivity contribution in [3.8, 4) is 22.8 Å². The lowest BCUT2D eigenvalue weighted by molar-refractivity contribution is -0.0222. The van der Waals surface area contributed by atoms with Crippen LogP contribution in [0.5, 0.6) is 5.75 Å². The second kappa shape index (κ2) is 11.0. The highest BCUT2D eigenvalue weighted by molar-refractivity contribution is 7.92. The Hall–Kier alpha value is -3.52. The molecule has 0 atom stereocenters. The monoisotopic (exact) mass is 603 g/mol. The number of ether oxygens (including phenoxy) is 1. The fourth-order valence-electron chi connectivity index (χ4n) is 5.79. The van der Waals surface area contributed by atoms with E-state index in [4.69, 9.17) is 14.8 Å². The van der Waals surface area contributed by atoms with Gasteiger partial charge in [0.15, 0.2) is 11.6 Å². The van der Waals surface area contributed by atoms with E-state index in [1.165, 1.54) is 20.0 Å². The Morgan fingerprint density at radius 2 is 1.67 bits per heavy atom. The van der Waals surface area contributed by atoms with E-state index in [-0.39, 0.29) is 31.7 Å². The zero-order valence-corrected chi connectivity index (χ0v) is 24.3. The molecular formula is C28H35F2N7O4S. The van der Waals surface area contributed by atoms with Crippen LogP contribution in [0.1, 0.15) is 38.5 Å². The van der Waals surface area contributed by atoms with Crippen LogP contribution >= 0.6 is 0 Å². The molecule has 0 radical (unpaired) electrons. The maximum atomic E-state index is 13.8. The van der Waals surface area contributed by atoms with Gasteiger partial charge >= 0.3 is 0 Å². The van der Waals surface area contributed by atoms with Crippen molar-refractivity contribution in [2.24, 2.45) is 5.41 Å². The predicted molar refractivity (Wildman–Crippen MR) is 155 cm³/mol. The first kappa shape index (κ1) is 28.6. The number of nitrogens with one attached hydrogen (secondary N) is 1. The van der Waals surface area contributed by atoms with Crippen molar-refractivity contribution < 1.29 is 27.0 Å². The van der Waals surface area contributed by atoms with Gasteiger partial charge in [-0.05, 0) is 61.4 Å². The molecule has 1 aromatic carbocycles. The van der Waals surface area contributed by atoms with E-state index in [1.807, 2.05) is 4.90 Å². The van der Waals surface area contributed by atoms with Gasteiger partial charge in [-0.3, -0.25) is 4.72 Å². The van der Waals surface area contributed by atoms with Crippen molar-refractivity contribution >= 4 is 27.2 Å². The second-order valence-corrected chi connectivity index (χ2v) is 13.3. The molecule has 3 fully saturated rings. The summed E-state index contributed by atoms with van der Waals surface area (Å²) >= 11 is 0. The maximum absolute atomic E-state index is 13.8. The van der Waals surface area contributed by atoms with Crippen molar-refractivity contribution in [2.45, 2.75) is 44.4 Å². The normalized spacial score (nSPS) is 19.6. The lowest BCUT2D eigenvalue weighted by Gasteiger charge is -2.35. The molecule has 2 saturated heterocycles. The van der Waals surface area contributed by atoms with Crippen LogP contribution < -0.4 is 19.3 Å². The van der Waals surface area contributed by atoms with Gasteiger partial charge in [0.25, 0.3) is 5.92 Å². The van der Waals surface area contributed by atoms with Crippen LogP contribution in [0.3, 0.4) is 0 Å². The third-order valence-corrected chi connectivity index (χ3v) is 9.85. The number of piperidine rings is 2. The van der Waals surface area contributed by atoms with Crippen LogP contribution in [0.2, 0.25) is 0 Å². The molecule has 14 heteroatoms. The van der Waals surface area contributed by atoms with Gasteiger partial charge in [-0.15, -0.1) is 5.10 Å². The van der Waals surface area contributed by atoms with Crippen LogP contribution in [0.25, 0.3) is 17.1 Å². The first-order valence-electron chi connectivity index (χ1n) is 14.2. The molecule has 4 heterocycles. The molecule has 6 rings (SSSR count). The SMILES string of the molecule is COc1ccc(-c2cn(-c3ccc(NS(=O)(=O)CCO)cc3N3CCC4(CC3)CC4)nn2)nc1N1CCC(F)(F)CC1. The highest BCUT2D eigenvalue weighted by Gasteiger charge is 2.44. The first-order chi connectivity index (χ1) is 20.1. The van der Waals surface area contributed by atoms with Gasteiger partial charge in [0.05, 0.1) is 48.4 Å². The lowest BCUT2D eigenvalue weighted by atomic mass is 9.93. The number of methoxy groups -OCH3 is 1. The first-order valence-corrected chi connectivity index (χ1v) is 15.9. The number of nitrogens with zero attached hydrogens (tertiary/aromatic N) is 6. The smallest absolute Gasteiger partial charge is 0.251 e. The molecule has 3 aliphatic rings. The molecule has 1 spiro atoms. The van der Waals surface area contributed by atoms with E-state index >= 15 is 0 Å². The van der Waals surface area contributed by atoms with Crippen molar-refractivity contribution in [1.29, 1.82) is 0 Å². The molecule has 1 aliphatic carbocycles. The highest BCUT2D eigenvalue weighted by atomic mass is 32.2. The number of aliphatic hydroxyl groups excluding tert-OH is 1. The fraction of sp³-hybridized carbons (Fsp3) is 0.536. The minimum Gasteiger partial charge on any atom is -0.493 e. The van der Waals surface area contributed by atoms with Crippen molar-refractivity contribution in [3.63, 3.8) is 0 Å². The number of aliphatic hydroxyl groups is 1. The number of hydrogen-bond acceptors (Lipinski definition) is 9. The summed E-state index contributed by atoms with van der Waals surface area (Å²) in [5.41, 5.74) is 3.44. The van der Waals surface area contributed by atoms with Gasteiger partial charge in [-0.1, -0.05) is 5.21 Å². The second-order valence-electron chi connectivity index (χ2n) is 11.4. The third kappa shape index (κ3) is 6.00. The van der Waals surface area contributed by atoms with Crippen LogP contribution in [-0.4, -0.2) is 85.1 Å². The summed E-state index contributed by atoms with van der Waals surface area (Å²) < 4.78 is 61.9. The van der Waals surface area contributed by atoms with E-state index in [0.717, 1.165) is 37.3 Å². The molecule has 2 N–H and O–H groups in total. The van der Waals surface area contributed by atoms with Crippen molar-refractivity contribution in [2.75, 3.05) is 60.2 Å². The standard InChI is InChI=1S/C28H35F2N7O4S/c1-41-25-5-3-21(31-26(25)36-14-10-28(29,30)11-15-36)22-19-37(34-32-22)23-4-2-20(33-42(39,40)17-16-38)18-24(23)35-12-8-27(6-7-27)9-13-35/h2-5,18-19,33,38H,6-17H2,1H3. The summed E-state index contributed by atoms with van der Waals surface area (Å²) in [6.07, 6.45) is 5.95. The van der Waals surface area contributed by atoms with E-state index in [9.17, 15) is 17.2 Å². The summed E-state index contributed by atoms with van der Waals surface area (Å²) in [5, 5.41) is 17.9. The van der Waals surface area contributed by atoms with Crippen LogP contribution in [0, 0.1) is 5.41 Å². The minimum absolute atomic E-state index is 0.168. The van der Waals surface area contributed by atoms with Crippen molar-refractivity contribution in [3.05, 3.63) is 36.5 Å². The Kier molecular flexibility index (Phi) is 7.46. The predicted octanol–water partition coefficient (Wildman–Crippen LogP) is 3.69. The number of alkyl halides is 2. The van der Waals surface area contributed by atoms with Crippen LogP contribution in [0.4, 0.5) is 26.0 Å². The Bertz CT molecular complexity index is 1540. The molecule has 0 unspecified atom stereocenters. The molecule has 0 amide bonds. The van der Waals surface area contributed by atoms with E-state index in [1.54, 1.807) is 41.2 Å². The molecule has 2 aromatic heterocycles. The Morgan fingerprint density at radius 1 is 0.952 bits per heavy atom. The van der Waals surface area contributed by atoms with Gasteiger partial charge in [-0.25, -0.2) is 26.9 Å². The summed E-state index contributed by atoms with van der Waals surface area (Å²) in [6.45, 7) is 1.56. The molecule has 1 saturated carbocycles. The highest BCUT2D eigenvalue weighted by Crippen LogP contribution is 2.54. The molecular weight excluding hydrogens is 568 g/mol. The topological polar surface area (TPSA) is 126 Å². The number of aromatic nitrogens is 4. The molecule has 11 nitrogen and oxygen atoms in total. The van der Waals surface area contributed by atoms with Gasteiger partial charge in [0, 0.05) is 39.0 Å². The fourth-order valence-corrected chi connectivity index (χ4v) is 6.62.